The number of isocyanates is 1. The number of aliphatic imine (C=N–C) groups is 1. The molecule has 2 nitrogen and oxygen atoms in total. The third-order valence-electron chi connectivity index (χ3n) is 0.475. The quantitative estimate of drug-likeness (QED) is 0.287. The van der Waals surface area contributed by atoms with Crippen molar-refractivity contribution in [2.24, 2.45) is 4.99 Å². The molecule has 40 valence electrons. The van der Waals surface area contributed by atoms with E-state index in [2.05, 4.69) is 10.9 Å². The summed E-state index contributed by atoms with van der Waals surface area (Å²) in [5, 5.41) is 0. The van der Waals surface area contributed by atoms with Crippen molar-refractivity contribution in [2.45, 2.75) is 0 Å². The highest BCUT2D eigenvalue weighted by Crippen LogP contribution is 1.69. The highest BCUT2D eigenvalue weighted by molar-refractivity contribution is 5.33. The first kappa shape index (κ1) is 6.68. The van der Waals surface area contributed by atoms with Gasteiger partial charge in [-0.3, -0.25) is 0 Å². The second-order valence-corrected chi connectivity index (χ2v) is 1.00. The molecule has 0 saturated heterocycles. The standard InChI is InChI=1S/C6H5NO/c1-2-3-4-5-7-6-8/h1,3-4H,5H2/b4-3-. The third-order valence-corrected chi connectivity index (χ3v) is 0.475. The maximum Gasteiger partial charge on any atom is 0.235 e. The van der Waals surface area contributed by atoms with Crippen LogP contribution in [0.3, 0.4) is 0 Å². The van der Waals surface area contributed by atoms with Gasteiger partial charge in [0.1, 0.15) is 0 Å². The average molecular weight is 107 g/mol. The van der Waals surface area contributed by atoms with Crippen molar-refractivity contribution in [1.82, 2.24) is 0 Å². The molecule has 8 heavy (non-hydrogen) atoms. The van der Waals surface area contributed by atoms with E-state index in [0.29, 0.717) is 6.54 Å². The minimum Gasteiger partial charge on any atom is -0.211 e. The maximum atomic E-state index is 9.39. The maximum absolute atomic E-state index is 9.39. The Kier molecular flexibility index (Phi) is 4.74. The molecule has 0 bridgehead atoms. The van der Waals surface area contributed by atoms with Crippen LogP contribution in [-0.4, -0.2) is 12.6 Å². The van der Waals surface area contributed by atoms with Crippen LogP contribution >= 0.6 is 0 Å². The van der Waals surface area contributed by atoms with Crippen LogP contribution in [0.15, 0.2) is 17.1 Å². The molecular formula is C6H5NO. The molecule has 0 saturated carbocycles. The zero-order valence-corrected chi connectivity index (χ0v) is 4.29. The summed E-state index contributed by atoms with van der Waals surface area (Å²) in [6, 6.07) is 0. The zero-order chi connectivity index (χ0) is 6.24. The fraction of sp³-hybridized carbons (Fsp3) is 0.167. The van der Waals surface area contributed by atoms with Gasteiger partial charge in [-0.15, -0.1) is 6.42 Å². The molecule has 0 atom stereocenters. The van der Waals surface area contributed by atoms with Gasteiger partial charge in [0.05, 0.1) is 6.54 Å². The molecule has 0 aromatic rings. The van der Waals surface area contributed by atoms with Gasteiger partial charge in [-0.2, -0.15) is 0 Å². The molecule has 0 aliphatic rings. The van der Waals surface area contributed by atoms with Gasteiger partial charge >= 0.3 is 0 Å². The van der Waals surface area contributed by atoms with E-state index < -0.39 is 0 Å². The molecule has 0 spiro atoms. The first-order valence-corrected chi connectivity index (χ1v) is 2.06. The number of carbonyl (C=O) groups excluding carboxylic acids is 1. The number of nitrogens with zero attached hydrogens (tertiary/aromatic N) is 1. The van der Waals surface area contributed by atoms with E-state index in [-0.39, 0.29) is 0 Å². The van der Waals surface area contributed by atoms with Crippen LogP contribution in [-0.2, 0) is 4.79 Å². The lowest BCUT2D eigenvalue weighted by Gasteiger charge is -1.69. The molecule has 0 fully saturated rings. The Hall–Kier alpha value is -1.32. The second kappa shape index (κ2) is 5.68. The van der Waals surface area contributed by atoms with Gasteiger partial charge in [0.25, 0.3) is 0 Å². The molecule has 0 rings (SSSR count). The van der Waals surface area contributed by atoms with E-state index in [1.807, 2.05) is 0 Å². The Morgan fingerprint density at radius 3 is 3.00 bits per heavy atom. The molecule has 0 aliphatic carbocycles. The lowest BCUT2D eigenvalue weighted by molar-refractivity contribution is 0.564. The molecule has 0 amide bonds. The van der Waals surface area contributed by atoms with Gasteiger partial charge in [0.2, 0.25) is 6.08 Å². The Bertz CT molecular complexity index is 158. The third kappa shape index (κ3) is 4.68. The Labute approximate surface area is 47.9 Å². The molecule has 0 aromatic heterocycles. The molecule has 0 unspecified atom stereocenters. The Balaban J connectivity index is 3.33. The Morgan fingerprint density at radius 2 is 2.50 bits per heavy atom. The SMILES string of the molecule is C#C/C=C\CN=C=O. The monoisotopic (exact) mass is 107 g/mol. The first-order chi connectivity index (χ1) is 3.91. The van der Waals surface area contributed by atoms with Crippen LogP contribution in [0.5, 0.6) is 0 Å². The van der Waals surface area contributed by atoms with Crippen molar-refractivity contribution in [3.05, 3.63) is 12.2 Å². The number of terminal acetylenes is 1. The van der Waals surface area contributed by atoms with E-state index in [4.69, 9.17) is 6.42 Å². The predicted molar refractivity (Wildman–Crippen MR) is 31.0 cm³/mol. The van der Waals surface area contributed by atoms with Crippen LogP contribution in [0.4, 0.5) is 0 Å². The van der Waals surface area contributed by atoms with Crippen molar-refractivity contribution in [3.63, 3.8) is 0 Å². The van der Waals surface area contributed by atoms with Gasteiger partial charge in [0.15, 0.2) is 0 Å². The van der Waals surface area contributed by atoms with E-state index in [0.717, 1.165) is 0 Å². The van der Waals surface area contributed by atoms with Crippen LogP contribution in [0.25, 0.3) is 0 Å². The number of allylic oxidation sites excluding steroid dienone is 1. The number of rotatable bonds is 2. The minimum absolute atomic E-state index is 0.327. The largest absolute Gasteiger partial charge is 0.235 e. The van der Waals surface area contributed by atoms with E-state index >= 15 is 0 Å². The fourth-order valence-electron chi connectivity index (χ4n) is 0.211. The highest BCUT2D eigenvalue weighted by atomic mass is 16.1. The summed E-state index contributed by atoms with van der Waals surface area (Å²) in [7, 11) is 0. The summed E-state index contributed by atoms with van der Waals surface area (Å²) >= 11 is 0. The fourth-order valence-corrected chi connectivity index (χ4v) is 0.211. The average Bonchev–Trinajstić information content (AvgIpc) is 1.81. The summed E-state index contributed by atoms with van der Waals surface area (Å²) in [5.74, 6) is 2.26. The summed E-state index contributed by atoms with van der Waals surface area (Å²) in [6.07, 6.45) is 9.30. The molecule has 0 aliphatic heterocycles. The molecule has 0 N–H and O–H groups in total. The lowest BCUT2D eigenvalue weighted by Crippen LogP contribution is -1.66. The van der Waals surface area contributed by atoms with Gasteiger partial charge in [-0.25, -0.2) is 9.79 Å². The summed E-state index contributed by atoms with van der Waals surface area (Å²) < 4.78 is 0. The molecule has 0 radical (unpaired) electrons. The van der Waals surface area contributed by atoms with Gasteiger partial charge in [-0.1, -0.05) is 12.0 Å². The normalized spacial score (nSPS) is 7.88. The molecule has 0 aromatic carbocycles. The molecular weight excluding hydrogens is 102 g/mol. The van der Waals surface area contributed by atoms with Gasteiger partial charge < -0.3 is 0 Å². The summed E-state index contributed by atoms with van der Waals surface area (Å²) in [6.45, 7) is 0.327. The van der Waals surface area contributed by atoms with Crippen LogP contribution in [0.1, 0.15) is 0 Å². The van der Waals surface area contributed by atoms with Crippen molar-refractivity contribution in [1.29, 1.82) is 0 Å². The van der Waals surface area contributed by atoms with Crippen molar-refractivity contribution >= 4 is 6.08 Å². The van der Waals surface area contributed by atoms with Crippen molar-refractivity contribution in [3.8, 4) is 12.3 Å². The smallest absolute Gasteiger partial charge is 0.211 e. The molecule has 0 heterocycles. The number of hydrogen-bond acceptors (Lipinski definition) is 2. The van der Waals surface area contributed by atoms with E-state index in [1.165, 1.54) is 12.2 Å². The Morgan fingerprint density at radius 1 is 1.75 bits per heavy atom. The topological polar surface area (TPSA) is 29.4 Å². The van der Waals surface area contributed by atoms with Gasteiger partial charge in [-0.05, 0) is 6.08 Å². The zero-order valence-electron chi connectivity index (χ0n) is 4.29. The van der Waals surface area contributed by atoms with Gasteiger partial charge in [0, 0.05) is 0 Å². The predicted octanol–water partition coefficient (Wildman–Crippen LogP) is 0.512. The van der Waals surface area contributed by atoms with Crippen LogP contribution in [0, 0.1) is 12.3 Å². The summed E-state index contributed by atoms with van der Waals surface area (Å²) in [4.78, 5) is 12.6. The van der Waals surface area contributed by atoms with E-state index in [9.17, 15) is 4.79 Å². The van der Waals surface area contributed by atoms with Crippen LogP contribution < -0.4 is 0 Å². The first-order valence-electron chi connectivity index (χ1n) is 2.06. The van der Waals surface area contributed by atoms with E-state index in [1.54, 1.807) is 6.08 Å². The van der Waals surface area contributed by atoms with Crippen molar-refractivity contribution < 1.29 is 4.79 Å². The lowest BCUT2D eigenvalue weighted by atomic mass is 10.5. The van der Waals surface area contributed by atoms with Crippen LogP contribution in [0.2, 0.25) is 0 Å². The highest BCUT2D eigenvalue weighted by Gasteiger charge is 1.64. The second-order valence-electron chi connectivity index (χ2n) is 1.00. The molecule has 2 heteroatoms. The number of hydrogen-bond donors (Lipinski definition) is 0. The van der Waals surface area contributed by atoms with Crippen molar-refractivity contribution in [2.75, 3.05) is 6.54 Å². The summed E-state index contributed by atoms with van der Waals surface area (Å²) in [5.41, 5.74) is 0. The minimum atomic E-state index is 0.327.